The molecule has 25 heavy (non-hydrogen) atoms. The van der Waals surface area contributed by atoms with Crippen LogP contribution in [0.15, 0.2) is 23.8 Å². The van der Waals surface area contributed by atoms with E-state index in [2.05, 4.69) is 26.0 Å². The van der Waals surface area contributed by atoms with Gasteiger partial charge in [-0.3, -0.25) is 9.59 Å². The Labute approximate surface area is 149 Å². The highest BCUT2D eigenvalue weighted by Crippen LogP contribution is 2.63. The summed E-state index contributed by atoms with van der Waals surface area (Å²) in [6.07, 6.45) is 10.8. The van der Waals surface area contributed by atoms with Crippen LogP contribution in [0.25, 0.3) is 0 Å². The zero-order valence-corrected chi connectivity index (χ0v) is 15.5. The van der Waals surface area contributed by atoms with Gasteiger partial charge >= 0.3 is 5.97 Å². The molecule has 0 amide bonds. The topological polar surface area (TPSA) is 69.4 Å². The number of hydrogen-bond donors (Lipinski definition) is 1. The van der Waals surface area contributed by atoms with Crippen LogP contribution in [0.2, 0.25) is 0 Å². The fourth-order valence-corrected chi connectivity index (χ4v) is 6.46. The molecule has 4 nitrogen and oxygen atoms in total. The molecule has 0 saturated heterocycles. The molecular formula is C21H29NO3. The first-order valence-corrected chi connectivity index (χ1v) is 9.60. The van der Waals surface area contributed by atoms with Crippen LogP contribution in [0.5, 0.6) is 0 Å². The summed E-state index contributed by atoms with van der Waals surface area (Å²) in [4.78, 5) is 23.3. The molecule has 0 bridgehead atoms. The fourth-order valence-electron chi connectivity index (χ4n) is 6.46. The molecule has 2 saturated carbocycles. The molecule has 0 radical (unpaired) electrons. The van der Waals surface area contributed by atoms with Crippen LogP contribution < -0.4 is 5.73 Å². The highest BCUT2D eigenvalue weighted by atomic mass is 16.5. The first kappa shape index (κ1) is 17.0. The highest BCUT2D eigenvalue weighted by Gasteiger charge is 2.60. The van der Waals surface area contributed by atoms with E-state index in [9.17, 15) is 9.59 Å². The summed E-state index contributed by atoms with van der Waals surface area (Å²) in [5, 5.41) is 0. The van der Waals surface area contributed by atoms with Gasteiger partial charge in [-0.05, 0) is 54.9 Å². The minimum absolute atomic E-state index is 0.00176. The third-order valence-electron chi connectivity index (χ3n) is 7.92. The fraction of sp³-hybridized carbons (Fsp3) is 0.714. The smallest absolute Gasteiger partial charge is 0.302 e. The molecule has 4 rings (SSSR count). The van der Waals surface area contributed by atoms with E-state index in [-0.39, 0.29) is 34.7 Å². The minimum Gasteiger partial charge on any atom is -0.461 e. The number of esters is 1. The number of carbonyl (C=O) groups excluding carboxylic acids is 2. The monoisotopic (exact) mass is 343 g/mol. The molecular weight excluding hydrogens is 314 g/mol. The molecule has 7 atom stereocenters. The second-order valence-corrected chi connectivity index (χ2v) is 9.05. The van der Waals surface area contributed by atoms with Crippen LogP contribution in [-0.2, 0) is 14.3 Å². The Morgan fingerprint density at radius 2 is 2.08 bits per heavy atom. The van der Waals surface area contributed by atoms with Gasteiger partial charge < -0.3 is 10.5 Å². The Balaban J connectivity index is 1.66. The Morgan fingerprint density at radius 3 is 2.80 bits per heavy atom. The van der Waals surface area contributed by atoms with Crippen molar-refractivity contribution in [3.63, 3.8) is 0 Å². The third kappa shape index (κ3) is 2.37. The molecule has 0 aromatic carbocycles. The molecule has 0 aromatic heterocycles. The maximum atomic E-state index is 11.8. The van der Waals surface area contributed by atoms with Crippen molar-refractivity contribution < 1.29 is 14.3 Å². The Kier molecular flexibility index (Phi) is 3.77. The maximum Gasteiger partial charge on any atom is 0.302 e. The standard InChI is InChI=1S/C21H29NO3/c1-12(23)25-18-11-17-15-5-4-13-10-14(24)6-8-20(13,2)16(15)7-9-21(17,3)19(18)22/h4,6,8,15-19H,5,7,9-11,22H2,1-3H3/t15-,16-,17+,18?,19?,20+,21+/m1/s1. The van der Waals surface area contributed by atoms with Crippen molar-refractivity contribution in [3.05, 3.63) is 23.8 Å². The second-order valence-electron chi connectivity index (χ2n) is 9.05. The minimum atomic E-state index is -0.231. The Hall–Kier alpha value is -1.42. The molecule has 2 unspecified atom stereocenters. The molecule has 4 aliphatic carbocycles. The van der Waals surface area contributed by atoms with Crippen LogP contribution in [0.3, 0.4) is 0 Å². The number of allylic oxidation sites excluding steroid dienone is 4. The quantitative estimate of drug-likeness (QED) is 0.586. The number of rotatable bonds is 1. The van der Waals surface area contributed by atoms with Crippen molar-refractivity contribution in [3.8, 4) is 0 Å². The van der Waals surface area contributed by atoms with Crippen LogP contribution in [-0.4, -0.2) is 23.9 Å². The van der Waals surface area contributed by atoms with E-state index in [0.29, 0.717) is 24.2 Å². The Morgan fingerprint density at radius 1 is 1.32 bits per heavy atom. The summed E-state index contributed by atoms with van der Waals surface area (Å²) in [7, 11) is 0. The normalized spacial score (nSPS) is 48.2. The average molecular weight is 343 g/mol. The van der Waals surface area contributed by atoms with E-state index in [1.54, 1.807) is 6.08 Å². The van der Waals surface area contributed by atoms with Crippen molar-refractivity contribution >= 4 is 11.8 Å². The number of hydrogen-bond acceptors (Lipinski definition) is 4. The van der Waals surface area contributed by atoms with Crippen molar-refractivity contribution in [2.75, 3.05) is 0 Å². The van der Waals surface area contributed by atoms with Gasteiger partial charge in [-0.15, -0.1) is 0 Å². The first-order valence-electron chi connectivity index (χ1n) is 9.60. The van der Waals surface area contributed by atoms with Gasteiger partial charge in [0.25, 0.3) is 0 Å². The van der Waals surface area contributed by atoms with E-state index >= 15 is 0 Å². The van der Waals surface area contributed by atoms with Gasteiger partial charge in [0.05, 0.1) is 0 Å². The predicted molar refractivity (Wildman–Crippen MR) is 95.5 cm³/mol. The second kappa shape index (κ2) is 5.54. The van der Waals surface area contributed by atoms with Gasteiger partial charge in [-0.1, -0.05) is 31.6 Å². The average Bonchev–Trinajstić information content (AvgIpc) is 2.79. The van der Waals surface area contributed by atoms with Gasteiger partial charge in [0, 0.05) is 24.8 Å². The van der Waals surface area contributed by atoms with Gasteiger partial charge in [-0.25, -0.2) is 0 Å². The molecule has 0 spiro atoms. The summed E-state index contributed by atoms with van der Waals surface area (Å²) in [5.41, 5.74) is 7.92. The zero-order valence-electron chi connectivity index (χ0n) is 15.5. The van der Waals surface area contributed by atoms with Gasteiger partial charge in [0.2, 0.25) is 0 Å². The van der Waals surface area contributed by atoms with E-state index < -0.39 is 0 Å². The van der Waals surface area contributed by atoms with Gasteiger partial charge in [0.1, 0.15) is 6.10 Å². The lowest BCUT2D eigenvalue weighted by Gasteiger charge is -2.55. The van der Waals surface area contributed by atoms with Crippen LogP contribution in [0, 0.1) is 28.6 Å². The molecule has 0 heterocycles. The van der Waals surface area contributed by atoms with Gasteiger partial charge in [0.15, 0.2) is 5.78 Å². The lowest BCUT2D eigenvalue weighted by atomic mass is 9.49. The highest BCUT2D eigenvalue weighted by molar-refractivity contribution is 5.93. The lowest BCUT2D eigenvalue weighted by Crippen LogP contribution is -2.52. The first-order chi connectivity index (χ1) is 11.8. The molecule has 136 valence electrons. The maximum absolute atomic E-state index is 11.8. The van der Waals surface area contributed by atoms with Crippen molar-refractivity contribution in [1.29, 1.82) is 0 Å². The van der Waals surface area contributed by atoms with Gasteiger partial charge in [-0.2, -0.15) is 0 Å². The van der Waals surface area contributed by atoms with E-state index in [1.807, 2.05) is 0 Å². The molecule has 4 heteroatoms. The van der Waals surface area contributed by atoms with Crippen LogP contribution in [0.4, 0.5) is 0 Å². The molecule has 2 N–H and O–H groups in total. The number of ketones is 1. The number of fused-ring (bicyclic) bond motifs is 5. The number of nitrogens with two attached hydrogens (primary N) is 1. The molecule has 4 aliphatic rings. The third-order valence-corrected chi connectivity index (χ3v) is 7.92. The molecule has 0 aromatic rings. The zero-order chi connectivity index (χ0) is 18.0. The van der Waals surface area contributed by atoms with E-state index in [1.165, 1.54) is 12.5 Å². The molecule has 0 aliphatic heterocycles. The summed E-state index contributed by atoms with van der Waals surface area (Å²) < 4.78 is 5.57. The summed E-state index contributed by atoms with van der Waals surface area (Å²) in [5.74, 6) is 1.58. The van der Waals surface area contributed by atoms with Crippen molar-refractivity contribution in [2.45, 2.75) is 65.0 Å². The lowest BCUT2D eigenvalue weighted by molar-refractivity contribution is -0.147. The van der Waals surface area contributed by atoms with Crippen LogP contribution >= 0.6 is 0 Å². The summed E-state index contributed by atoms with van der Waals surface area (Å²) >= 11 is 0. The number of carbonyl (C=O) groups is 2. The van der Waals surface area contributed by atoms with E-state index in [4.69, 9.17) is 10.5 Å². The predicted octanol–water partition coefficient (Wildman–Crippen LogP) is 3.16. The summed E-state index contributed by atoms with van der Waals surface area (Å²) in [6, 6.07) is -0.0796. The van der Waals surface area contributed by atoms with E-state index in [0.717, 1.165) is 25.7 Å². The molecule has 2 fully saturated rings. The Bertz CT molecular complexity index is 681. The SMILES string of the molecule is CC(=O)OC1C[C@H]2[C@@H]3CC=C4CC(=O)C=C[C@]4(C)[C@@H]3CC[C@]2(C)C1N. The van der Waals surface area contributed by atoms with Crippen molar-refractivity contribution in [2.24, 2.45) is 34.3 Å². The largest absolute Gasteiger partial charge is 0.461 e. The summed E-state index contributed by atoms with van der Waals surface area (Å²) in [6.45, 7) is 6.07. The van der Waals surface area contributed by atoms with Crippen LogP contribution in [0.1, 0.15) is 52.9 Å². The number of ether oxygens (including phenoxy) is 1. The van der Waals surface area contributed by atoms with Crippen molar-refractivity contribution in [1.82, 2.24) is 0 Å².